The minimum absolute atomic E-state index is 0.0693. The van der Waals surface area contributed by atoms with Gasteiger partial charge in [0.2, 0.25) is 5.91 Å². The van der Waals surface area contributed by atoms with Crippen molar-refractivity contribution < 1.29 is 14.3 Å². The highest BCUT2D eigenvalue weighted by Gasteiger charge is 2.16. The van der Waals surface area contributed by atoms with Crippen LogP contribution in [0.3, 0.4) is 0 Å². The normalized spacial score (nSPS) is 10.8. The lowest BCUT2D eigenvalue weighted by Gasteiger charge is -2.14. The van der Waals surface area contributed by atoms with Gasteiger partial charge < -0.3 is 14.8 Å². The van der Waals surface area contributed by atoms with Crippen molar-refractivity contribution in [1.29, 1.82) is 0 Å². The molecule has 7 heteroatoms. The standard InChI is InChI=1S/C20H23N3O4/c1-5-22-15-8-6-7-9-16(15)23(20(22)25)12-19(24)21-14-11-18(27-4)17(26-3)10-13(14)2/h6-11H,5,12H2,1-4H3,(H,21,24). The lowest BCUT2D eigenvalue weighted by atomic mass is 10.1. The number of imidazole rings is 1. The van der Waals surface area contributed by atoms with Gasteiger partial charge in [-0.1, -0.05) is 12.1 Å². The van der Waals surface area contributed by atoms with Crippen molar-refractivity contribution in [2.24, 2.45) is 0 Å². The van der Waals surface area contributed by atoms with E-state index in [9.17, 15) is 9.59 Å². The van der Waals surface area contributed by atoms with Crippen LogP contribution < -0.4 is 20.5 Å². The van der Waals surface area contributed by atoms with Crippen molar-refractivity contribution in [1.82, 2.24) is 9.13 Å². The highest BCUT2D eigenvalue weighted by molar-refractivity contribution is 5.92. The Morgan fingerprint density at radius 2 is 1.63 bits per heavy atom. The third-order valence-electron chi connectivity index (χ3n) is 4.55. The monoisotopic (exact) mass is 369 g/mol. The Labute approximate surface area is 157 Å². The largest absolute Gasteiger partial charge is 0.493 e. The summed E-state index contributed by atoms with van der Waals surface area (Å²) in [5.41, 5.74) is 2.82. The quantitative estimate of drug-likeness (QED) is 0.725. The number of ether oxygens (including phenoxy) is 2. The summed E-state index contributed by atoms with van der Waals surface area (Å²) in [5, 5.41) is 2.86. The summed E-state index contributed by atoms with van der Waals surface area (Å²) in [5.74, 6) is 0.833. The predicted molar refractivity (Wildman–Crippen MR) is 105 cm³/mol. The van der Waals surface area contributed by atoms with Gasteiger partial charge in [-0.15, -0.1) is 0 Å². The van der Waals surface area contributed by atoms with Crippen molar-refractivity contribution in [3.05, 3.63) is 52.4 Å². The fourth-order valence-corrected chi connectivity index (χ4v) is 3.18. The molecule has 0 aliphatic carbocycles. The molecule has 1 heterocycles. The summed E-state index contributed by atoms with van der Waals surface area (Å²) in [6.45, 7) is 4.25. The Kier molecular flexibility index (Phi) is 5.21. The van der Waals surface area contributed by atoms with Crippen molar-refractivity contribution >= 4 is 22.6 Å². The van der Waals surface area contributed by atoms with Gasteiger partial charge in [-0.05, 0) is 37.6 Å². The van der Waals surface area contributed by atoms with E-state index in [1.165, 1.54) is 11.7 Å². The van der Waals surface area contributed by atoms with Crippen LogP contribution in [0.4, 0.5) is 5.69 Å². The number of aryl methyl sites for hydroxylation is 2. The molecule has 3 rings (SSSR count). The van der Waals surface area contributed by atoms with Crippen LogP contribution in [0.1, 0.15) is 12.5 Å². The molecule has 0 spiro atoms. The van der Waals surface area contributed by atoms with E-state index in [4.69, 9.17) is 9.47 Å². The second-order valence-corrected chi connectivity index (χ2v) is 6.17. The van der Waals surface area contributed by atoms with Crippen LogP contribution in [-0.4, -0.2) is 29.3 Å². The van der Waals surface area contributed by atoms with Gasteiger partial charge in [-0.2, -0.15) is 0 Å². The van der Waals surface area contributed by atoms with Crippen LogP contribution in [0.15, 0.2) is 41.2 Å². The summed E-state index contributed by atoms with van der Waals surface area (Å²) in [6, 6.07) is 11.0. The number of fused-ring (bicyclic) bond motifs is 1. The van der Waals surface area contributed by atoms with Gasteiger partial charge in [-0.3, -0.25) is 13.9 Å². The van der Waals surface area contributed by atoms with E-state index in [-0.39, 0.29) is 18.1 Å². The van der Waals surface area contributed by atoms with Crippen LogP contribution in [0.2, 0.25) is 0 Å². The van der Waals surface area contributed by atoms with Crippen LogP contribution >= 0.6 is 0 Å². The van der Waals surface area contributed by atoms with E-state index in [0.29, 0.717) is 23.7 Å². The molecule has 7 nitrogen and oxygen atoms in total. The number of aromatic nitrogens is 2. The molecule has 0 aliphatic heterocycles. The number of rotatable bonds is 6. The molecule has 2 aromatic carbocycles. The van der Waals surface area contributed by atoms with Crippen LogP contribution in [0.5, 0.6) is 11.5 Å². The molecule has 1 amide bonds. The van der Waals surface area contributed by atoms with Gasteiger partial charge in [0.05, 0.1) is 25.3 Å². The lowest BCUT2D eigenvalue weighted by molar-refractivity contribution is -0.116. The Morgan fingerprint density at radius 1 is 1.04 bits per heavy atom. The zero-order valence-electron chi connectivity index (χ0n) is 15.9. The number of methoxy groups -OCH3 is 2. The van der Waals surface area contributed by atoms with Crippen molar-refractivity contribution in [3.63, 3.8) is 0 Å². The second kappa shape index (κ2) is 7.57. The number of benzene rings is 2. The SMILES string of the molecule is CCn1c(=O)n(CC(=O)Nc2cc(OC)c(OC)cc2C)c2ccccc21. The molecule has 0 radical (unpaired) electrons. The first-order chi connectivity index (χ1) is 13.0. The molecule has 0 fully saturated rings. The van der Waals surface area contributed by atoms with Crippen molar-refractivity contribution in [3.8, 4) is 11.5 Å². The van der Waals surface area contributed by atoms with Gasteiger partial charge in [0, 0.05) is 18.3 Å². The Morgan fingerprint density at radius 3 is 2.22 bits per heavy atom. The second-order valence-electron chi connectivity index (χ2n) is 6.17. The third kappa shape index (κ3) is 3.40. The van der Waals surface area contributed by atoms with Crippen LogP contribution in [-0.2, 0) is 17.9 Å². The van der Waals surface area contributed by atoms with Crippen LogP contribution in [0, 0.1) is 6.92 Å². The number of carbonyl (C=O) groups excluding carboxylic acids is 1. The van der Waals surface area contributed by atoms with E-state index in [2.05, 4.69) is 5.32 Å². The first-order valence-electron chi connectivity index (χ1n) is 8.70. The van der Waals surface area contributed by atoms with Gasteiger partial charge >= 0.3 is 5.69 Å². The summed E-state index contributed by atoms with van der Waals surface area (Å²) >= 11 is 0. The molecular weight excluding hydrogens is 346 g/mol. The van der Waals surface area contributed by atoms with E-state index < -0.39 is 0 Å². The maximum Gasteiger partial charge on any atom is 0.329 e. The third-order valence-corrected chi connectivity index (χ3v) is 4.55. The number of hydrogen-bond acceptors (Lipinski definition) is 4. The van der Waals surface area contributed by atoms with E-state index in [0.717, 1.165) is 16.6 Å². The number of nitrogens with one attached hydrogen (secondary N) is 1. The predicted octanol–water partition coefficient (Wildman–Crippen LogP) is 2.79. The number of amides is 1. The topological polar surface area (TPSA) is 74.5 Å². The minimum Gasteiger partial charge on any atom is -0.493 e. The first kappa shape index (κ1) is 18.6. The molecule has 1 aromatic heterocycles. The highest BCUT2D eigenvalue weighted by Crippen LogP contribution is 2.32. The lowest BCUT2D eigenvalue weighted by Crippen LogP contribution is -2.29. The van der Waals surface area contributed by atoms with Gasteiger partial charge in [0.25, 0.3) is 0 Å². The summed E-state index contributed by atoms with van der Waals surface area (Å²) < 4.78 is 13.7. The molecule has 0 saturated carbocycles. The van der Waals surface area contributed by atoms with Crippen molar-refractivity contribution in [2.75, 3.05) is 19.5 Å². The average molecular weight is 369 g/mol. The van der Waals surface area contributed by atoms with E-state index in [1.807, 2.05) is 38.1 Å². The maximum absolute atomic E-state index is 12.7. The van der Waals surface area contributed by atoms with Gasteiger partial charge in [0.1, 0.15) is 6.54 Å². The summed E-state index contributed by atoms with van der Waals surface area (Å²) in [6.07, 6.45) is 0. The molecule has 3 aromatic rings. The number of para-hydroxylation sites is 2. The fraction of sp³-hybridized carbons (Fsp3) is 0.300. The molecular formula is C20H23N3O4. The van der Waals surface area contributed by atoms with E-state index >= 15 is 0 Å². The zero-order chi connectivity index (χ0) is 19.6. The van der Waals surface area contributed by atoms with Crippen molar-refractivity contribution in [2.45, 2.75) is 26.9 Å². The molecule has 0 bridgehead atoms. The van der Waals surface area contributed by atoms with E-state index in [1.54, 1.807) is 23.8 Å². The first-order valence-corrected chi connectivity index (χ1v) is 8.70. The molecule has 1 N–H and O–H groups in total. The number of nitrogens with zero attached hydrogens (tertiary/aromatic N) is 2. The smallest absolute Gasteiger partial charge is 0.329 e. The Bertz CT molecular complexity index is 1050. The minimum atomic E-state index is -0.286. The molecule has 0 saturated heterocycles. The highest BCUT2D eigenvalue weighted by atomic mass is 16.5. The molecule has 0 unspecified atom stereocenters. The van der Waals surface area contributed by atoms with Gasteiger partial charge in [0.15, 0.2) is 11.5 Å². The van der Waals surface area contributed by atoms with Gasteiger partial charge in [-0.25, -0.2) is 4.79 Å². The number of hydrogen-bond donors (Lipinski definition) is 1. The number of anilines is 1. The molecule has 0 aliphatic rings. The zero-order valence-corrected chi connectivity index (χ0v) is 15.9. The maximum atomic E-state index is 12.7. The Balaban J connectivity index is 1.91. The molecule has 142 valence electrons. The Hall–Kier alpha value is -3.22. The summed E-state index contributed by atoms with van der Waals surface area (Å²) in [4.78, 5) is 25.3. The van der Waals surface area contributed by atoms with Crippen LogP contribution in [0.25, 0.3) is 11.0 Å². The summed E-state index contributed by atoms with van der Waals surface area (Å²) in [7, 11) is 3.10. The average Bonchev–Trinajstić information content (AvgIpc) is 2.94. The number of carbonyl (C=O) groups is 1. The molecule has 27 heavy (non-hydrogen) atoms. The fourth-order valence-electron chi connectivity index (χ4n) is 3.18. The molecule has 0 atom stereocenters.